The lowest BCUT2D eigenvalue weighted by atomic mass is 9.97. The highest BCUT2D eigenvalue weighted by Gasteiger charge is 2.41. The van der Waals surface area contributed by atoms with Crippen LogP contribution in [0.3, 0.4) is 0 Å². The fourth-order valence-corrected chi connectivity index (χ4v) is 4.54. The number of hydrogen-bond acceptors (Lipinski definition) is 4. The Labute approximate surface area is 175 Å². The van der Waals surface area contributed by atoms with Crippen molar-refractivity contribution in [3.05, 3.63) is 77.4 Å². The van der Waals surface area contributed by atoms with Crippen molar-refractivity contribution in [1.82, 2.24) is 19.8 Å². The molecule has 7 heteroatoms. The number of phenols is 1. The van der Waals surface area contributed by atoms with Gasteiger partial charge in [-0.15, -0.1) is 0 Å². The van der Waals surface area contributed by atoms with Gasteiger partial charge in [0.1, 0.15) is 5.75 Å². The van der Waals surface area contributed by atoms with Crippen LogP contribution in [0.1, 0.15) is 34.7 Å². The van der Waals surface area contributed by atoms with Gasteiger partial charge in [-0.25, -0.2) is 0 Å². The molecule has 1 aliphatic rings. The van der Waals surface area contributed by atoms with E-state index in [1.54, 1.807) is 12.3 Å². The molecule has 1 fully saturated rings. The molecule has 0 amide bonds. The summed E-state index contributed by atoms with van der Waals surface area (Å²) in [5.41, 5.74) is 4.75. The predicted octanol–water partition coefficient (Wildman–Crippen LogP) is 3.16. The van der Waals surface area contributed by atoms with Crippen LogP contribution in [-0.2, 0) is 0 Å². The number of nitrogens with one attached hydrogen (secondary N) is 1. The van der Waals surface area contributed by atoms with Gasteiger partial charge in [0.25, 0.3) is 0 Å². The molecule has 1 aliphatic heterocycles. The van der Waals surface area contributed by atoms with E-state index in [1.165, 1.54) is 0 Å². The molecule has 3 N–H and O–H groups in total. The average Bonchev–Trinajstić information content (AvgIpc) is 3.19. The van der Waals surface area contributed by atoms with Gasteiger partial charge in [0.15, 0.2) is 5.11 Å². The number of nitrogens with zero attached hydrogens (tertiary/aromatic N) is 3. The Morgan fingerprint density at radius 2 is 1.90 bits per heavy atom. The van der Waals surface area contributed by atoms with Crippen molar-refractivity contribution in [3.63, 3.8) is 0 Å². The van der Waals surface area contributed by atoms with E-state index in [4.69, 9.17) is 12.2 Å². The monoisotopic (exact) mass is 408 g/mol. The van der Waals surface area contributed by atoms with Crippen LogP contribution in [0.2, 0.25) is 0 Å². The van der Waals surface area contributed by atoms with Gasteiger partial charge in [-0.2, -0.15) is 0 Å². The second-order valence-corrected chi connectivity index (χ2v) is 7.58. The van der Waals surface area contributed by atoms with Crippen molar-refractivity contribution in [2.24, 2.45) is 0 Å². The quantitative estimate of drug-likeness (QED) is 0.563. The van der Waals surface area contributed by atoms with Crippen LogP contribution in [0.25, 0.3) is 5.69 Å². The molecule has 150 valence electrons. The average molecular weight is 409 g/mol. The SMILES string of the molecule is Cc1cc([C@H]2[C@@H](c3ccccn3)NC(=S)N2CCO)c(C)n1-c1ccccc1O. The van der Waals surface area contributed by atoms with Crippen LogP contribution < -0.4 is 5.32 Å². The molecule has 3 heterocycles. The van der Waals surface area contributed by atoms with E-state index in [0.29, 0.717) is 11.7 Å². The largest absolute Gasteiger partial charge is 0.506 e. The summed E-state index contributed by atoms with van der Waals surface area (Å²) in [7, 11) is 0. The van der Waals surface area contributed by atoms with Gasteiger partial charge in [0, 0.05) is 24.1 Å². The molecule has 0 radical (unpaired) electrons. The van der Waals surface area contributed by atoms with Crippen LogP contribution in [-0.4, -0.2) is 42.9 Å². The molecule has 0 spiro atoms. The summed E-state index contributed by atoms with van der Waals surface area (Å²) in [5, 5.41) is 24.0. The lowest BCUT2D eigenvalue weighted by molar-refractivity contribution is 0.223. The second kappa shape index (κ2) is 7.85. The first kappa shape index (κ1) is 19.4. The van der Waals surface area contributed by atoms with Crippen molar-refractivity contribution in [2.75, 3.05) is 13.2 Å². The number of aliphatic hydroxyl groups is 1. The molecule has 0 unspecified atom stereocenters. The zero-order valence-electron chi connectivity index (χ0n) is 16.4. The number of hydrogen-bond donors (Lipinski definition) is 3. The van der Waals surface area contributed by atoms with E-state index in [0.717, 1.165) is 28.3 Å². The Balaban J connectivity index is 1.85. The molecule has 0 bridgehead atoms. The smallest absolute Gasteiger partial charge is 0.170 e. The molecular formula is C22H24N4O2S. The summed E-state index contributed by atoms with van der Waals surface area (Å²) < 4.78 is 2.05. The van der Waals surface area contributed by atoms with Crippen molar-refractivity contribution < 1.29 is 10.2 Å². The van der Waals surface area contributed by atoms with E-state index >= 15 is 0 Å². The van der Waals surface area contributed by atoms with Crippen molar-refractivity contribution >= 4 is 17.3 Å². The van der Waals surface area contributed by atoms with Gasteiger partial charge < -0.3 is 25.0 Å². The molecule has 4 rings (SSSR count). The van der Waals surface area contributed by atoms with E-state index in [1.807, 2.05) is 55.1 Å². The van der Waals surface area contributed by atoms with Gasteiger partial charge in [0.2, 0.25) is 0 Å². The van der Waals surface area contributed by atoms with Gasteiger partial charge in [-0.3, -0.25) is 4.98 Å². The number of aromatic nitrogens is 2. The van der Waals surface area contributed by atoms with Crippen LogP contribution in [0.4, 0.5) is 0 Å². The van der Waals surface area contributed by atoms with Crippen LogP contribution >= 0.6 is 12.2 Å². The molecule has 6 nitrogen and oxygen atoms in total. The van der Waals surface area contributed by atoms with E-state index < -0.39 is 0 Å². The zero-order valence-corrected chi connectivity index (χ0v) is 17.2. The minimum atomic E-state index is -0.131. The minimum Gasteiger partial charge on any atom is -0.506 e. The summed E-state index contributed by atoms with van der Waals surface area (Å²) in [6.45, 7) is 4.50. The normalized spacial score (nSPS) is 18.9. The van der Waals surface area contributed by atoms with Crippen molar-refractivity contribution in [3.8, 4) is 11.4 Å². The summed E-state index contributed by atoms with van der Waals surface area (Å²) >= 11 is 5.59. The maximum Gasteiger partial charge on any atom is 0.170 e. The summed E-state index contributed by atoms with van der Waals surface area (Å²) in [6, 6.07) is 15.0. The fraction of sp³-hybridized carbons (Fsp3) is 0.273. The third kappa shape index (κ3) is 3.36. The highest BCUT2D eigenvalue weighted by atomic mass is 32.1. The second-order valence-electron chi connectivity index (χ2n) is 7.19. The number of β-amino-alcohol motifs (C(OH)–C–C–N with tert-alkyl or cyclic N) is 1. The summed E-state index contributed by atoms with van der Waals surface area (Å²) in [4.78, 5) is 6.56. The molecular weight excluding hydrogens is 384 g/mol. The Bertz CT molecular complexity index is 1030. The lowest BCUT2D eigenvalue weighted by Gasteiger charge is -2.27. The number of aromatic hydroxyl groups is 1. The first-order valence-corrected chi connectivity index (χ1v) is 10.00. The topological polar surface area (TPSA) is 73.5 Å². The number of benzene rings is 1. The van der Waals surface area contributed by atoms with Gasteiger partial charge >= 0.3 is 0 Å². The van der Waals surface area contributed by atoms with Gasteiger partial charge in [0.05, 0.1) is 30.1 Å². The third-order valence-electron chi connectivity index (χ3n) is 5.45. The van der Waals surface area contributed by atoms with Crippen LogP contribution in [0, 0.1) is 13.8 Å². The Hall–Kier alpha value is -2.90. The molecule has 1 saturated heterocycles. The Kier molecular flexibility index (Phi) is 5.25. The van der Waals surface area contributed by atoms with E-state index in [2.05, 4.69) is 20.9 Å². The summed E-state index contributed by atoms with van der Waals surface area (Å²) in [5.74, 6) is 0.231. The molecule has 3 aromatic rings. The fourth-order valence-electron chi connectivity index (χ4n) is 4.20. The number of para-hydroxylation sites is 2. The molecule has 1 aromatic carbocycles. The number of phenolic OH excluding ortho intramolecular Hbond substituents is 1. The van der Waals surface area contributed by atoms with E-state index in [-0.39, 0.29) is 24.4 Å². The first-order chi connectivity index (χ1) is 14.0. The first-order valence-electron chi connectivity index (χ1n) is 9.59. The standard InChI is InChI=1S/C22H24N4O2S/c1-14-13-16(15(2)26(14)18-8-3-4-9-19(18)28)21-20(17-7-5-6-10-23-17)24-22(29)25(21)11-12-27/h3-10,13,20-21,27-28H,11-12H2,1-2H3,(H,24,29)/t20-,21+/m1/s1. The lowest BCUT2D eigenvalue weighted by Crippen LogP contribution is -2.32. The maximum atomic E-state index is 10.4. The number of aryl methyl sites for hydroxylation is 1. The maximum absolute atomic E-state index is 10.4. The Morgan fingerprint density at radius 3 is 2.59 bits per heavy atom. The van der Waals surface area contributed by atoms with Crippen molar-refractivity contribution in [2.45, 2.75) is 25.9 Å². The number of thiocarbonyl (C=S) groups is 1. The molecule has 2 atom stereocenters. The van der Waals surface area contributed by atoms with Gasteiger partial charge in [-0.1, -0.05) is 18.2 Å². The third-order valence-corrected chi connectivity index (χ3v) is 5.80. The Morgan fingerprint density at radius 1 is 1.14 bits per heavy atom. The molecule has 0 saturated carbocycles. The predicted molar refractivity (Wildman–Crippen MR) is 116 cm³/mol. The molecule has 0 aliphatic carbocycles. The summed E-state index contributed by atoms with van der Waals surface area (Å²) in [6.07, 6.45) is 1.77. The van der Waals surface area contributed by atoms with Gasteiger partial charge in [-0.05, 0) is 62.0 Å². The molecule has 2 aromatic heterocycles. The van der Waals surface area contributed by atoms with Crippen LogP contribution in [0.5, 0.6) is 5.75 Å². The highest BCUT2D eigenvalue weighted by Crippen LogP contribution is 2.41. The van der Waals surface area contributed by atoms with Crippen LogP contribution in [0.15, 0.2) is 54.7 Å². The highest BCUT2D eigenvalue weighted by molar-refractivity contribution is 7.80. The number of aliphatic hydroxyl groups excluding tert-OH is 1. The minimum absolute atomic E-state index is 0.00543. The number of pyridine rings is 1. The molecule has 29 heavy (non-hydrogen) atoms. The zero-order chi connectivity index (χ0) is 20.5. The van der Waals surface area contributed by atoms with E-state index in [9.17, 15) is 10.2 Å². The number of rotatable bonds is 5. The van der Waals surface area contributed by atoms with Crippen molar-refractivity contribution in [1.29, 1.82) is 0 Å².